The molecule has 0 saturated heterocycles. The predicted molar refractivity (Wildman–Crippen MR) is 87.5 cm³/mol. The molecule has 0 radical (unpaired) electrons. The summed E-state index contributed by atoms with van der Waals surface area (Å²) in [4.78, 5) is 24.0. The Kier molecular flexibility index (Phi) is 5.27. The number of rotatable bonds is 3. The van der Waals surface area contributed by atoms with Crippen LogP contribution in [-0.4, -0.2) is 11.8 Å². The van der Waals surface area contributed by atoms with E-state index in [1.54, 1.807) is 13.0 Å². The number of anilines is 1. The number of halogens is 1. The first-order chi connectivity index (χ1) is 11.4. The average Bonchev–Trinajstić information content (AvgIpc) is 2.56. The van der Waals surface area contributed by atoms with Crippen LogP contribution in [0.3, 0.4) is 0 Å². The van der Waals surface area contributed by atoms with Crippen molar-refractivity contribution in [3.05, 3.63) is 65.0 Å². The van der Waals surface area contributed by atoms with E-state index in [0.29, 0.717) is 0 Å². The Balaban J connectivity index is 2.04. The van der Waals surface area contributed by atoms with Crippen molar-refractivity contribution in [1.29, 1.82) is 5.26 Å². The molecule has 2 amide bonds. The second kappa shape index (κ2) is 7.38. The van der Waals surface area contributed by atoms with E-state index >= 15 is 0 Å². The molecular weight excluding hydrogens is 309 g/mol. The number of nitrogens with one attached hydrogen (secondary N) is 2. The molecule has 2 aromatic carbocycles. The minimum absolute atomic E-state index is 0.177. The van der Waals surface area contributed by atoms with Crippen molar-refractivity contribution in [2.24, 2.45) is 0 Å². The number of benzene rings is 2. The summed E-state index contributed by atoms with van der Waals surface area (Å²) < 4.78 is 13.2. The predicted octanol–water partition coefficient (Wildman–Crippen LogP) is 2.82. The molecule has 0 aliphatic rings. The van der Waals surface area contributed by atoms with Crippen molar-refractivity contribution >= 4 is 17.5 Å². The Morgan fingerprint density at radius 1 is 1.17 bits per heavy atom. The van der Waals surface area contributed by atoms with E-state index in [2.05, 4.69) is 10.6 Å². The summed E-state index contributed by atoms with van der Waals surface area (Å²) >= 11 is 0. The Morgan fingerprint density at radius 2 is 1.88 bits per heavy atom. The summed E-state index contributed by atoms with van der Waals surface area (Å²) in [6.07, 6.45) is 0. The normalized spacial score (nSPS) is 11.2. The van der Waals surface area contributed by atoms with E-state index in [9.17, 15) is 14.0 Å². The second-order valence-corrected chi connectivity index (χ2v) is 5.31. The lowest BCUT2D eigenvalue weighted by Crippen LogP contribution is -2.37. The molecule has 1 atom stereocenters. The maximum absolute atomic E-state index is 13.2. The molecule has 5 nitrogen and oxygen atoms in total. The van der Waals surface area contributed by atoms with Crippen molar-refractivity contribution < 1.29 is 14.0 Å². The van der Waals surface area contributed by atoms with Crippen LogP contribution in [0.5, 0.6) is 0 Å². The van der Waals surface area contributed by atoms with Crippen LogP contribution in [0.15, 0.2) is 42.5 Å². The van der Waals surface area contributed by atoms with Gasteiger partial charge in [-0.25, -0.2) is 4.39 Å². The van der Waals surface area contributed by atoms with Crippen molar-refractivity contribution in [3.63, 3.8) is 0 Å². The smallest absolute Gasteiger partial charge is 0.313 e. The van der Waals surface area contributed by atoms with Gasteiger partial charge in [-0.3, -0.25) is 9.59 Å². The van der Waals surface area contributed by atoms with E-state index in [1.807, 2.05) is 31.2 Å². The van der Waals surface area contributed by atoms with Gasteiger partial charge in [0.05, 0.1) is 11.6 Å². The van der Waals surface area contributed by atoms with Gasteiger partial charge in [-0.05, 0) is 43.2 Å². The maximum atomic E-state index is 13.2. The third-order valence-corrected chi connectivity index (χ3v) is 3.55. The first kappa shape index (κ1) is 17.2. The Morgan fingerprint density at radius 3 is 2.54 bits per heavy atom. The molecule has 0 unspecified atom stereocenters. The van der Waals surface area contributed by atoms with Crippen molar-refractivity contribution in [3.8, 4) is 6.07 Å². The summed E-state index contributed by atoms with van der Waals surface area (Å²) in [5, 5.41) is 13.7. The fourth-order valence-corrected chi connectivity index (χ4v) is 2.29. The molecule has 0 spiro atoms. The molecule has 2 rings (SSSR count). The molecule has 0 saturated carbocycles. The van der Waals surface area contributed by atoms with Crippen LogP contribution >= 0.6 is 0 Å². The Labute approximate surface area is 139 Å². The van der Waals surface area contributed by atoms with Gasteiger partial charge < -0.3 is 10.6 Å². The fourth-order valence-electron chi connectivity index (χ4n) is 2.29. The molecule has 122 valence electrons. The third-order valence-electron chi connectivity index (χ3n) is 3.55. The van der Waals surface area contributed by atoms with E-state index in [1.165, 1.54) is 12.1 Å². The van der Waals surface area contributed by atoms with Crippen LogP contribution in [0.1, 0.15) is 29.7 Å². The molecular formula is C18H16FN3O2. The molecule has 24 heavy (non-hydrogen) atoms. The van der Waals surface area contributed by atoms with E-state index in [4.69, 9.17) is 5.26 Å². The average molecular weight is 325 g/mol. The highest BCUT2D eigenvalue weighted by atomic mass is 19.1. The van der Waals surface area contributed by atoms with Crippen LogP contribution < -0.4 is 10.6 Å². The quantitative estimate of drug-likeness (QED) is 0.851. The highest BCUT2D eigenvalue weighted by Gasteiger charge is 2.18. The zero-order valence-electron chi connectivity index (χ0n) is 13.3. The summed E-state index contributed by atoms with van der Waals surface area (Å²) in [6, 6.07) is 12.4. The number of nitrogens with zero attached hydrogens (tertiary/aromatic N) is 1. The lowest BCUT2D eigenvalue weighted by molar-refractivity contribution is -0.136. The number of hydrogen-bond donors (Lipinski definition) is 2. The van der Waals surface area contributed by atoms with Gasteiger partial charge in [-0.1, -0.05) is 24.3 Å². The fraction of sp³-hybridized carbons (Fsp3) is 0.167. The van der Waals surface area contributed by atoms with Crippen molar-refractivity contribution in [2.75, 3.05) is 5.32 Å². The summed E-state index contributed by atoms with van der Waals surface area (Å²) in [5.41, 5.74) is 1.88. The minimum atomic E-state index is -0.883. The molecule has 6 heteroatoms. The van der Waals surface area contributed by atoms with E-state index in [0.717, 1.165) is 17.2 Å². The topological polar surface area (TPSA) is 82.0 Å². The largest absolute Gasteiger partial charge is 0.341 e. The van der Waals surface area contributed by atoms with Gasteiger partial charge in [0.15, 0.2) is 0 Å². The van der Waals surface area contributed by atoms with E-state index in [-0.39, 0.29) is 17.3 Å². The van der Waals surface area contributed by atoms with Crippen LogP contribution in [-0.2, 0) is 9.59 Å². The standard InChI is InChI=1S/C18H16FN3O2/c1-11-5-3-4-6-15(11)12(2)21-17(23)18(24)22-14-7-8-16(19)13(9-14)10-20/h3-9,12H,1-2H3,(H,21,23)(H,22,24)/t12-/m0/s1. The molecule has 0 bridgehead atoms. The number of amides is 2. The molecule has 0 heterocycles. The summed E-state index contributed by atoms with van der Waals surface area (Å²) in [7, 11) is 0. The number of nitriles is 1. The SMILES string of the molecule is Cc1ccccc1[C@H](C)NC(=O)C(=O)Nc1ccc(F)c(C#N)c1. The molecule has 2 N–H and O–H groups in total. The molecule has 2 aromatic rings. The van der Waals surface area contributed by atoms with Gasteiger partial charge in [-0.15, -0.1) is 0 Å². The van der Waals surface area contributed by atoms with Crippen LogP contribution in [0, 0.1) is 24.1 Å². The monoisotopic (exact) mass is 325 g/mol. The van der Waals surface area contributed by atoms with Crippen molar-refractivity contribution in [2.45, 2.75) is 19.9 Å². The molecule has 0 fully saturated rings. The zero-order valence-corrected chi connectivity index (χ0v) is 13.3. The second-order valence-electron chi connectivity index (χ2n) is 5.31. The summed E-state index contributed by atoms with van der Waals surface area (Å²) in [6.45, 7) is 3.69. The Bertz CT molecular complexity index is 827. The third kappa shape index (κ3) is 3.96. The van der Waals surface area contributed by atoms with Gasteiger partial charge in [-0.2, -0.15) is 5.26 Å². The van der Waals surface area contributed by atoms with Crippen LogP contribution in [0.25, 0.3) is 0 Å². The summed E-state index contributed by atoms with van der Waals surface area (Å²) in [5.74, 6) is -2.38. The van der Waals surface area contributed by atoms with Crippen LogP contribution in [0.2, 0.25) is 0 Å². The Hall–Kier alpha value is -3.20. The van der Waals surface area contributed by atoms with E-state index < -0.39 is 17.6 Å². The number of aryl methyl sites for hydroxylation is 1. The highest BCUT2D eigenvalue weighted by Crippen LogP contribution is 2.17. The van der Waals surface area contributed by atoms with Gasteiger partial charge in [0, 0.05) is 5.69 Å². The lowest BCUT2D eigenvalue weighted by atomic mass is 10.0. The number of carbonyl (C=O) groups is 2. The number of carbonyl (C=O) groups excluding carboxylic acids is 2. The van der Waals surface area contributed by atoms with Crippen molar-refractivity contribution in [1.82, 2.24) is 5.32 Å². The zero-order chi connectivity index (χ0) is 17.7. The minimum Gasteiger partial charge on any atom is -0.341 e. The number of hydrogen-bond acceptors (Lipinski definition) is 3. The van der Waals surface area contributed by atoms with Crippen LogP contribution in [0.4, 0.5) is 10.1 Å². The van der Waals surface area contributed by atoms with Gasteiger partial charge in [0.1, 0.15) is 11.9 Å². The van der Waals surface area contributed by atoms with Gasteiger partial charge in [0.2, 0.25) is 0 Å². The molecule has 0 aliphatic heterocycles. The first-order valence-electron chi connectivity index (χ1n) is 7.29. The maximum Gasteiger partial charge on any atom is 0.313 e. The first-order valence-corrected chi connectivity index (χ1v) is 7.29. The van der Waals surface area contributed by atoms with Gasteiger partial charge >= 0.3 is 11.8 Å². The molecule has 0 aliphatic carbocycles. The molecule has 0 aromatic heterocycles. The van der Waals surface area contributed by atoms with Gasteiger partial charge in [0.25, 0.3) is 0 Å². The highest BCUT2D eigenvalue weighted by molar-refractivity contribution is 6.39. The lowest BCUT2D eigenvalue weighted by Gasteiger charge is -2.16.